The molecule has 5 nitrogen and oxygen atoms in total. The molecule has 0 fully saturated rings. The number of carboxylic acid groups (broad SMARTS) is 1. The van der Waals surface area contributed by atoms with E-state index >= 15 is 0 Å². The van der Waals surface area contributed by atoms with Gasteiger partial charge in [0.2, 0.25) is 5.91 Å². The fourth-order valence-electron chi connectivity index (χ4n) is 1.28. The number of amides is 1. The van der Waals surface area contributed by atoms with Crippen LogP contribution < -0.4 is 11.1 Å². The lowest BCUT2D eigenvalue weighted by molar-refractivity contribution is -0.116. The van der Waals surface area contributed by atoms with Gasteiger partial charge < -0.3 is 16.2 Å². The minimum absolute atomic E-state index is 0.0954. The third-order valence-corrected chi connectivity index (χ3v) is 2.77. The highest BCUT2D eigenvalue weighted by molar-refractivity contribution is 14.1. The molecule has 0 saturated carbocycles. The van der Waals surface area contributed by atoms with Gasteiger partial charge in [-0.05, 0) is 53.8 Å². The van der Waals surface area contributed by atoms with Crippen LogP contribution in [0.3, 0.4) is 0 Å². The SMILES string of the molecule is NCCCC(=O)Nc1ccc(I)cc1C(=O)O. The van der Waals surface area contributed by atoms with Crippen LogP contribution in [0, 0.1) is 3.57 Å². The Hall–Kier alpha value is -1.15. The molecule has 0 saturated heterocycles. The Morgan fingerprint density at radius 2 is 2.12 bits per heavy atom. The van der Waals surface area contributed by atoms with Crippen molar-refractivity contribution in [2.45, 2.75) is 12.8 Å². The van der Waals surface area contributed by atoms with E-state index in [-0.39, 0.29) is 11.5 Å². The van der Waals surface area contributed by atoms with Crippen molar-refractivity contribution < 1.29 is 14.7 Å². The van der Waals surface area contributed by atoms with Gasteiger partial charge in [0.25, 0.3) is 0 Å². The molecule has 0 atom stereocenters. The van der Waals surface area contributed by atoms with Crippen LogP contribution in [0.25, 0.3) is 0 Å². The van der Waals surface area contributed by atoms with Crippen molar-refractivity contribution in [2.75, 3.05) is 11.9 Å². The fraction of sp³-hybridized carbons (Fsp3) is 0.273. The summed E-state index contributed by atoms with van der Waals surface area (Å²) < 4.78 is 0.806. The molecule has 0 unspecified atom stereocenters. The number of hydrogen-bond acceptors (Lipinski definition) is 3. The molecule has 0 aromatic heterocycles. The van der Waals surface area contributed by atoms with Crippen LogP contribution in [-0.4, -0.2) is 23.5 Å². The van der Waals surface area contributed by atoms with Crippen molar-refractivity contribution in [3.63, 3.8) is 0 Å². The summed E-state index contributed by atoms with van der Waals surface area (Å²) in [4.78, 5) is 22.5. The van der Waals surface area contributed by atoms with E-state index in [1.165, 1.54) is 6.07 Å². The molecule has 17 heavy (non-hydrogen) atoms. The van der Waals surface area contributed by atoms with Gasteiger partial charge in [0.1, 0.15) is 0 Å². The van der Waals surface area contributed by atoms with Gasteiger partial charge in [0.05, 0.1) is 11.3 Å². The number of anilines is 1. The molecule has 4 N–H and O–H groups in total. The van der Waals surface area contributed by atoms with Gasteiger partial charge in [-0.1, -0.05) is 0 Å². The first-order valence-electron chi connectivity index (χ1n) is 5.07. The van der Waals surface area contributed by atoms with Gasteiger partial charge in [-0.2, -0.15) is 0 Å². The second kappa shape index (κ2) is 6.55. The Kier molecular flexibility index (Phi) is 5.36. The Labute approximate surface area is 113 Å². The largest absolute Gasteiger partial charge is 0.478 e. The Morgan fingerprint density at radius 3 is 2.71 bits per heavy atom. The smallest absolute Gasteiger partial charge is 0.337 e. The monoisotopic (exact) mass is 348 g/mol. The zero-order valence-electron chi connectivity index (χ0n) is 9.07. The third-order valence-electron chi connectivity index (χ3n) is 2.09. The maximum Gasteiger partial charge on any atom is 0.337 e. The van der Waals surface area contributed by atoms with E-state index < -0.39 is 5.97 Å². The lowest BCUT2D eigenvalue weighted by Crippen LogP contribution is -2.15. The Balaban J connectivity index is 2.83. The molecule has 1 aromatic carbocycles. The summed E-state index contributed by atoms with van der Waals surface area (Å²) in [7, 11) is 0. The number of carbonyl (C=O) groups excluding carboxylic acids is 1. The van der Waals surface area contributed by atoms with Crippen molar-refractivity contribution in [2.24, 2.45) is 5.73 Å². The number of carboxylic acids is 1. The van der Waals surface area contributed by atoms with Crippen molar-refractivity contribution in [3.05, 3.63) is 27.3 Å². The number of aromatic carboxylic acids is 1. The quantitative estimate of drug-likeness (QED) is 0.706. The fourth-order valence-corrected chi connectivity index (χ4v) is 1.77. The van der Waals surface area contributed by atoms with Crippen LogP contribution >= 0.6 is 22.6 Å². The number of nitrogens with two attached hydrogens (primary N) is 1. The number of carbonyl (C=O) groups is 2. The van der Waals surface area contributed by atoms with Crippen LogP contribution in [0.15, 0.2) is 18.2 Å². The minimum Gasteiger partial charge on any atom is -0.478 e. The van der Waals surface area contributed by atoms with E-state index in [2.05, 4.69) is 5.32 Å². The van der Waals surface area contributed by atoms with Gasteiger partial charge in [0.15, 0.2) is 0 Å². The molecule has 0 spiro atoms. The van der Waals surface area contributed by atoms with E-state index in [1.54, 1.807) is 12.1 Å². The average molecular weight is 348 g/mol. The van der Waals surface area contributed by atoms with Crippen molar-refractivity contribution in [3.8, 4) is 0 Å². The van der Waals surface area contributed by atoms with Gasteiger partial charge in [-0.15, -0.1) is 0 Å². The van der Waals surface area contributed by atoms with Crippen molar-refractivity contribution in [1.29, 1.82) is 0 Å². The molecule has 0 aliphatic carbocycles. The summed E-state index contributed by atoms with van der Waals surface area (Å²) in [5, 5.41) is 11.6. The summed E-state index contributed by atoms with van der Waals surface area (Å²) in [6.07, 6.45) is 0.875. The van der Waals surface area contributed by atoms with Crippen LogP contribution in [0.1, 0.15) is 23.2 Å². The van der Waals surface area contributed by atoms with Crippen LogP contribution in [0.2, 0.25) is 0 Å². The van der Waals surface area contributed by atoms with E-state index in [9.17, 15) is 9.59 Å². The second-order valence-corrected chi connectivity index (χ2v) is 4.68. The number of rotatable bonds is 5. The predicted molar refractivity (Wildman–Crippen MR) is 73.0 cm³/mol. The van der Waals surface area contributed by atoms with E-state index in [0.717, 1.165) is 3.57 Å². The molecule has 92 valence electrons. The zero-order chi connectivity index (χ0) is 12.8. The second-order valence-electron chi connectivity index (χ2n) is 3.44. The van der Waals surface area contributed by atoms with Crippen molar-refractivity contribution in [1.82, 2.24) is 0 Å². The highest BCUT2D eigenvalue weighted by atomic mass is 127. The molecule has 1 amide bonds. The van der Waals surface area contributed by atoms with E-state index in [0.29, 0.717) is 25.1 Å². The molecule has 0 aliphatic heterocycles. The lowest BCUT2D eigenvalue weighted by Gasteiger charge is -2.08. The molecule has 1 rings (SSSR count). The summed E-state index contributed by atoms with van der Waals surface area (Å²) in [6, 6.07) is 4.85. The molecule has 1 aromatic rings. The molecule has 0 heterocycles. The molecular weight excluding hydrogens is 335 g/mol. The normalized spacial score (nSPS) is 10.0. The van der Waals surface area contributed by atoms with Gasteiger partial charge in [-0.3, -0.25) is 4.79 Å². The van der Waals surface area contributed by atoms with E-state index in [1.807, 2.05) is 22.6 Å². The van der Waals surface area contributed by atoms with Crippen LogP contribution in [0.4, 0.5) is 5.69 Å². The molecule has 0 radical (unpaired) electrons. The molecule has 6 heteroatoms. The van der Waals surface area contributed by atoms with Crippen LogP contribution in [-0.2, 0) is 4.79 Å². The maximum absolute atomic E-state index is 11.5. The number of halogens is 1. The van der Waals surface area contributed by atoms with Crippen molar-refractivity contribution >= 4 is 40.2 Å². The van der Waals surface area contributed by atoms with Crippen LogP contribution in [0.5, 0.6) is 0 Å². The molecule has 0 bridgehead atoms. The summed E-state index contributed by atoms with van der Waals surface area (Å²) >= 11 is 2.02. The molecule has 0 aliphatic rings. The summed E-state index contributed by atoms with van der Waals surface area (Å²) in [5.41, 5.74) is 5.71. The predicted octanol–water partition coefficient (Wildman–Crippen LogP) is 1.67. The van der Waals surface area contributed by atoms with Gasteiger partial charge >= 0.3 is 5.97 Å². The maximum atomic E-state index is 11.5. The first-order valence-corrected chi connectivity index (χ1v) is 6.15. The summed E-state index contributed by atoms with van der Waals surface area (Å²) in [6.45, 7) is 0.436. The van der Waals surface area contributed by atoms with E-state index in [4.69, 9.17) is 10.8 Å². The number of benzene rings is 1. The zero-order valence-corrected chi connectivity index (χ0v) is 11.2. The highest BCUT2D eigenvalue weighted by Crippen LogP contribution is 2.19. The summed E-state index contributed by atoms with van der Waals surface area (Å²) in [5.74, 6) is -1.28. The Morgan fingerprint density at radius 1 is 1.41 bits per heavy atom. The van der Waals surface area contributed by atoms with Gasteiger partial charge in [0, 0.05) is 9.99 Å². The first kappa shape index (κ1) is 13.9. The lowest BCUT2D eigenvalue weighted by atomic mass is 10.1. The average Bonchev–Trinajstić information content (AvgIpc) is 2.28. The Bertz CT molecular complexity index is 435. The number of hydrogen-bond donors (Lipinski definition) is 3. The highest BCUT2D eigenvalue weighted by Gasteiger charge is 2.12. The minimum atomic E-state index is -1.06. The molecular formula is C11H13IN2O3. The topological polar surface area (TPSA) is 92.4 Å². The standard InChI is InChI=1S/C11H13IN2O3/c12-7-3-4-9(8(6-7)11(16)17)14-10(15)2-1-5-13/h3-4,6H,1-2,5,13H2,(H,14,15)(H,16,17). The van der Waals surface area contributed by atoms with Gasteiger partial charge in [-0.25, -0.2) is 4.79 Å². The first-order chi connectivity index (χ1) is 8.04. The number of nitrogens with one attached hydrogen (secondary N) is 1. The third kappa shape index (κ3) is 4.31.